The third kappa shape index (κ3) is 2.42. The molecule has 1 heterocycles. The fourth-order valence-electron chi connectivity index (χ4n) is 1.52. The van der Waals surface area contributed by atoms with Gasteiger partial charge in [-0.05, 0) is 24.1 Å². The maximum Gasteiger partial charge on any atom is 0.0843 e. The molecule has 0 N–H and O–H groups in total. The van der Waals surface area contributed by atoms with Gasteiger partial charge in [-0.3, -0.25) is 0 Å². The van der Waals surface area contributed by atoms with Crippen molar-refractivity contribution in [3.05, 3.63) is 41.7 Å². The molecule has 0 fully saturated rings. The van der Waals surface area contributed by atoms with Crippen LogP contribution in [0.5, 0.6) is 0 Å². The second-order valence-electron chi connectivity index (χ2n) is 3.61. The number of aromatic nitrogens is 3. The Morgan fingerprint density at radius 3 is 2.62 bits per heavy atom. The second-order valence-corrected chi connectivity index (χ2v) is 3.99. The van der Waals surface area contributed by atoms with E-state index in [2.05, 4.69) is 41.5 Å². The van der Waals surface area contributed by atoms with Crippen LogP contribution in [0.3, 0.4) is 0 Å². The topological polar surface area (TPSA) is 30.7 Å². The molecule has 0 atom stereocenters. The van der Waals surface area contributed by atoms with E-state index in [9.17, 15) is 0 Å². The van der Waals surface area contributed by atoms with E-state index in [4.69, 9.17) is 11.6 Å². The lowest BCUT2D eigenvalue weighted by atomic mass is 10.1. The molecule has 1 aromatic carbocycles. The van der Waals surface area contributed by atoms with Crippen LogP contribution >= 0.6 is 11.6 Å². The minimum Gasteiger partial charge on any atom is -0.220 e. The first-order chi connectivity index (χ1) is 7.83. The zero-order valence-electron chi connectivity index (χ0n) is 9.23. The van der Waals surface area contributed by atoms with Crippen molar-refractivity contribution in [3.63, 3.8) is 0 Å². The average molecular weight is 236 g/mol. The molecule has 2 rings (SSSR count). The van der Waals surface area contributed by atoms with E-state index < -0.39 is 0 Å². The number of rotatable bonds is 4. The summed E-state index contributed by atoms with van der Waals surface area (Å²) in [6.45, 7) is 2.14. The van der Waals surface area contributed by atoms with Crippen LogP contribution in [0, 0.1) is 0 Å². The summed E-state index contributed by atoms with van der Waals surface area (Å²) in [7, 11) is 0. The van der Waals surface area contributed by atoms with Crippen LogP contribution in [-0.2, 0) is 12.8 Å². The Kier molecular flexibility index (Phi) is 3.57. The molecule has 0 radical (unpaired) electrons. The number of benzene rings is 1. The van der Waals surface area contributed by atoms with E-state index >= 15 is 0 Å². The summed E-state index contributed by atoms with van der Waals surface area (Å²) in [5, 5.41) is 8.12. The molecule has 4 heteroatoms. The molecule has 0 aliphatic heterocycles. The minimum atomic E-state index is 0.577. The fourth-order valence-corrected chi connectivity index (χ4v) is 1.71. The van der Waals surface area contributed by atoms with Crippen LogP contribution in [0.25, 0.3) is 5.69 Å². The Morgan fingerprint density at radius 1 is 1.25 bits per heavy atom. The van der Waals surface area contributed by atoms with E-state index in [1.807, 2.05) is 6.20 Å². The molecule has 3 nitrogen and oxygen atoms in total. The Labute approximate surface area is 100 Å². The van der Waals surface area contributed by atoms with Crippen molar-refractivity contribution >= 4 is 11.6 Å². The normalized spacial score (nSPS) is 10.6. The standard InChI is InChI=1S/C12H14ClN3/c1-2-10-3-5-12(6-4-10)16-9-11(7-8-13)14-15-16/h3-6,9H,2,7-8H2,1H3. The van der Waals surface area contributed by atoms with Crippen molar-refractivity contribution in [1.82, 2.24) is 15.0 Å². The van der Waals surface area contributed by atoms with Crippen LogP contribution in [0.4, 0.5) is 0 Å². The lowest BCUT2D eigenvalue weighted by Gasteiger charge is -2.01. The predicted molar refractivity (Wildman–Crippen MR) is 65.2 cm³/mol. The summed E-state index contributed by atoms with van der Waals surface area (Å²) in [5.41, 5.74) is 3.28. The molecule has 84 valence electrons. The average Bonchev–Trinajstić information content (AvgIpc) is 2.78. The molecular formula is C12H14ClN3. The van der Waals surface area contributed by atoms with Crippen molar-refractivity contribution in [1.29, 1.82) is 0 Å². The Balaban J connectivity index is 2.21. The first kappa shape index (κ1) is 11.1. The summed E-state index contributed by atoms with van der Waals surface area (Å²) >= 11 is 5.65. The third-order valence-electron chi connectivity index (χ3n) is 2.50. The fraction of sp³-hybridized carbons (Fsp3) is 0.333. The molecule has 0 amide bonds. The number of halogens is 1. The molecule has 0 spiro atoms. The Morgan fingerprint density at radius 2 is 2.00 bits per heavy atom. The van der Waals surface area contributed by atoms with Gasteiger partial charge in [0, 0.05) is 12.3 Å². The van der Waals surface area contributed by atoms with Crippen molar-refractivity contribution in [2.75, 3.05) is 5.88 Å². The number of alkyl halides is 1. The van der Waals surface area contributed by atoms with E-state index in [1.54, 1.807) is 4.68 Å². The summed E-state index contributed by atoms with van der Waals surface area (Å²) in [6, 6.07) is 8.33. The van der Waals surface area contributed by atoms with Gasteiger partial charge in [-0.15, -0.1) is 16.7 Å². The molecule has 16 heavy (non-hydrogen) atoms. The van der Waals surface area contributed by atoms with Crippen molar-refractivity contribution in [2.24, 2.45) is 0 Å². The highest BCUT2D eigenvalue weighted by molar-refractivity contribution is 6.17. The maximum atomic E-state index is 5.65. The van der Waals surface area contributed by atoms with Gasteiger partial charge in [-0.1, -0.05) is 24.3 Å². The van der Waals surface area contributed by atoms with Crippen LogP contribution in [-0.4, -0.2) is 20.9 Å². The molecule has 0 saturated heterocycles. The largest absolute Gasteiger partial charge is 0.220 e. The molecule has 0 unspecified atom stereocenters. The van der Waals surface area contributed by atoms with E-state index in [1.165, 1.54) is 5.56 Å². The summed E-state index contributed by atoms with van der Waals surface area (Å²) in [6.07, 6.45) is 3.73. The van der Waals surface area contributed by atoms with Crippen LogP contribution in [0.2, 0.25) is 0 Å². The van der Waals surface area contributed by atoms with Gasteiger partial charge in [0.1, 0.15) is 0 Å². The van der Waals surface area contributed by atoms with Gasteiger partial charge < -0.3 is 0 Å². The van der Waals surface area contributed by atoms with Crippen LogP contribution in [0.15, 0.2) is 30.5 Å². The number of aryl methyl sites for hydroxylation is 2. The lowest BCUT2D eigenvalue weighted by molar-refractivity contribution is 0.797. The molecule has 2 aromatic rings. The molecule has 0 aliphatic carbocycles. The number of nitrogens with zero attached hydrogens (tertiary/aromatic N) is 3. The van der Waals surface area contributed by atoms with Crippen LogP contribution < -0.4 is 0 Å². The Bertz CT molecular complexity index is 448. The van der Waals surface area contributed by atoms with Crippen LogP contribution in [0.1, 0.15) is 18.2 Å². The molecule has 0 aliphatic rings. The first-order valence-corrected chi connectivity index (χ1v) is 5.93. The lowest BCUT2D eigenvalue weighted by Crippen LogP contribution is -1.94. The van der Waals surface area contributed by atoms with Gasteiger partial charge in [0.25, 0.3) is 0 Å². The number of hydrogen-bond donors (Lipinski definition) is 0. The van der Waals surface area contributed by atoms with Gasteiger partial charge in [0.15, 0.2) is 0 Å². The van der Waals surface area contributed by atoms with Gasteiger partial charge in [0.05, 0.1) is 17.6 Å². The van der Waals surface area contributed by atoms with Crippen molar-refractivity contribution in [3.8, 4) is 5.69 Å². The van der Waals surface area contributed by atoms with Crippen molar-refractivity contribution < 1.29 is 0 Å². The monoisotopic (exact) mass is 235 g/mol. The molecular weight excluding hydrogens is 222 g/mol. The highest BCUT2D eigenvalue weighted by atomic mass is 35.5. The zero-order chi connectivity index (χ0) is 11.4. The highest BCUT2D eigenvalue weighted by Gasteiger charge is 2.01. The molecule has 1 aromatic heterocycles. The highest BCUT2D eigenvalue weighted by Crippen LogP contribution is 2.09. The first-order valence-electron chi connectivity index (χ1n) is 5.40. The predicted octanol–water partition coefficient (Wildman–Crippen LogP) is 2.61. The maximum absolute atomic E-state index is 5.65. The molecule has 0 saturated carbocycles. The smallest absolute Gasteiger partial charge is 0.0843 e. The van der Waals surface area contributed by atoms with Gasteiger partial charge in [-0.2, -0.15) is 0 Å². The Hall–Kier alpha value is -1.35. The minimum absolute atomic E-state index is 0.577. The second kappa shape index (κ2) is 5.12. The van der Waals surface area contributed by atoms with Gasteiger partial charge in [-0.25, -0.2) is 4.68 Å². The molecule has 0 bridgehead atoms. The quantitative estimate of drug-likeness (QED) is 0.763. The van der Waals surface area contributed by atoms with E-state index in [0.717, 1.165) is 24.2 Å². The summed E-state index contributed by atoms with van der Waals surface area (Å²) in [5.74, 6) is 0.577. The summed E-state index contributed by atoms with van der Waals surface area (Å²) in [4.78, 5) is 0. The zero-order valence-corrected chi connectivity index (χ0v) is 9.98. The van der Waals surface area contributed by atoms with Gasteiger partial charge in [0.2, 0.25) is 0 Å². The third-order valence-corrected chi connectivity index (χ3v) is 2.69. The van der Waals surface area contributed by atoms with Crippen molar-refractivity contribution in [2.45, 2.75) is 19.8 Å². The number of hydrogen-bond acceptors (Lipinski definition) is 2. The van der Waals surface area contributed by atoms with E-state index in [0.29, 0.717) is 5.88 Å². The SMILES string of the molecule is CCc1ccc(-n2cc(CCCl)nn2)cc1. The van der Waals surface area contributed by atoms with E-state index in [-0.39, 0.29) is 0 Å². The van der Waals surface area contributed by atoms with Gasteiger partial charge >= 0.3 is 0 Å². The summed E-state index contributed by atoms with van der Waals surface area (Å²) < 4.78 is 1.78.